The molecule has 2 heterocycles. The van der Waals surface area contributed by atoms with E-state index in [9.17, 15) is 4.79 Å². The monoisotopic (exact) mass is 289 g/mol. The minimum Gasteiger partial charge on any atom is -0.366 e. The lowest BCUT2D eigenvalue weighted by molar-refractivity contribution is -0.113. The predicted octanol–water partition coefficient (Wildman–Crippen LogP) is 2.67. The van der Waals surface area contributed by atoms with E-state index in [1.165, 1.54) is 6.08 Å². The Morgan fingerprint density at radius 3 is 2.77 bits per heavy atom. The summed E-state index contributed by atoms with van der Waals surface area (Å²) in [5.41, 5.74) is 9.26. The van der Waals surface area contributed by atoms with Crippen molar-refractivity contribution in [3.8, 4) is 11.3 Å². The number of hydrogen-bond donors (Lipinski definition) is 2. The average molecular weight is 289 g/mol. The summed E-state index contributed by atoms with van der Waals surface area (Å²) in [6, 6.07) is 7.13. The van der Waals surface area contributed by atoms with E-state index in [1.807, 2.05) is 12.1 Å². The molecule has 3 rings (SSSR count). The molecule has 0 bridgehead atoms. The summed E-state index contributed by atoms with van der Waals surface area (Å²) < 4.78 is 0. The zero-order chi connectivity index (χ0) is 15.5. The van der Waals surface area contributed by atoms with Crippen LogP contribution >= 0.6 is 0 Å². The standard InChI is InChI=1S/C16H11N5O/c1-18-12-5-2-10(3-6-12)13-9-20-16-15(21-13)11(8-19-16)4-7-14(17)22/h2-9H,(H2,17,22)(H,19,20)/b7-4+. The smallest absolute Gasteiger partial charge is 0.241 e. The summed E-state index contributed by atoms with van der Waals surface area (Å²) in [4.78, 5) is 26.1. The summed E-state index contributed by atoms with van der Waals surface area (Å²) in [6.45, 7) is 6.96. The number of aromatic amines is 1. The van der Waals surface area contributed by atoms with E-state index in [2.05, 4.69) is 19.8 Å². The summed E-state index contributed by atoms with van der Waals surface area (Å²) in [5, 5.41) is 0. The van der Waals surface area contributed by atoms with Crippen LogP contribution in [0.3, 0.4) is 0 Å². The highest BCUT2D eigenvalue weighted by atomic mass is 16.1. The maximum atomic E-state index is 10.8. The molecule has 2 aromatic heterocycles. The van der Waals surface area contributed by atoms with Crippen molar-refractivity contribution in [1.82, 2.24) is 15.0 Å². The number of benzene rings is 1. The highest BCUT2D eigenvalue weighted by Gasteiger charge is 2.07. The third-order valence-corrected chi connectivity index (χ3v) is 3.13. The van der Waals surface area contributed by atoms with E-state index in [4.69, 9.17) is 12.3 Å². The molecule has 0 aliphatic heterocycles. The van der Waals surface area contributed by atoms with Gasteiger partial charge in [-0.1, -0.05) is 24.3 Å². The summed E-state index contributed by atoms with van der Waals surface area (Å²) in [7, 11) is 0. The third kappa shape index (κ3) is 2.55. The van der Waals surface area contributed by atoms with Gasteiger partial charge in [0.15, 0.2) is 11.3 Å². The van der Waals surface area contributed by atoms with E-state index in [0.29, 0.717) is 22.5 Å². The van der Waals surface area contributed by atoms with Crippen molar-refractivity contribution in [2.45, 2.75) is 0 Å². The van der Waals surface area contributed by atoms with Crippen molar-refractivity contribution in [3.63, 3.8) is 0 Å². The Morgan fingerprint density at radius 1 is 1.32 bits per heavy atom. The van der Waals surface area contributed by atoms with Gasteiger partial charge >= 0.3 is 0 Å². The average Bonchev–Trinajstić information content (AvgIpc) is 2.95. The topological polar surface area (TPSA) is 89.0 Å². The molecule has 6 heteroatoms. The molecule has 0 radical (unpaired) electrons. The molecule has 3 aromatic rings. The number of amides is 1. The Kier molecular flexibility index (Phi) is 3.38. The van der Waals surface area contributed by atoms with Gasteiger partial charge in [0.2, 0.25) is 5.91 Å². The molecule has 22 heavy (non-hydrogen) atoms. The molecular weight excluding hydrogens is 278 g/mol. The second-order valence-electron chi connectivity index (χ2n) is 4.59. The van der Waals surface area contributed by atoms with Crippen molar-refractivity contribution in [2.24, 2.45) is 5.73 Å². The van der Waals surface area contributed by atoms with Gasteiger partial charge in [-0.25, -0.2) is 14.8 Å². The molecule has 0 saturated carbocycles. The molecule has 0 spiro atoms. The van der Waals surface area contributed by atoms with Crippen LogP contribution < -0.4 is 5.73 Å². The Balaban J connectivity index is 2.06. The molecule has 0 unspecified atom stereocenters. The van der Waals surface area contributed by atoms with Crippen molar-refractivity contribution in [3.05, 3.63) is 59.7 Å². The molecule has 0 atom stereocenters. The molecule has 3 N–H and O–H groups in total. The zero-order valence-corrected chi connectivity index (χ0v) is 11.4. The lowest BCUT2D eigenvalue weighted by atomic mass is 10.1. The van der Waals surface area contributed by atoms with E-state index < -0.39 is 5.91 Å². The highest BCUT2D eigenvalue weighted by Crippen LogP contribution is 2.23. The molecular formula is C16H11N5O. The van der Waals surface area contributed by atoms with Crippen LogP contribution in [0.5, 0.6) is 0 Å². The van der Waals surface area contributed by atoms with E-state index in [0.717, 1.165) is 11.1 Å². The highest BCUT2D eigenvalue weighted by molar-refractivity contribution is 5.93. The van der Waals surface area contributed by atoms with Crippen LogP contribution in [-0.2, 0) is 4.79 Å². The maximum Gasteiger partial charge on any atom is 0.241 e. The normalized spacial score (nSPS) is 10.9. The SMILES string of the molecule is [C-]#[N+]c1ccc(-c2cnc3[nH]cc(/C=C/C(N)=O)c3n2)cc1. The van der Waals surface area contributed by atoms with Gasteiger partial charge in [-0.15, -0.1) is 0 Å². The first-order valence-corrected chi connectivity index (χ1v) is 6.47. The number of nitrogens with one attached hydrogen (secondary N) is 1. The van der Waals surface area contributed by atoms with Gasteiger partial charge in [-0.3, -0.25) is 4.79 Å². The second-order valence-corrected chi connectivity index (χ2v) is 4.59. The Bertz CT molecular complexity index is 916. The van der Waals surface area contributed by atoms with Crippen LogP contribution in [0.15, 0.2) is 42.7 Å². The van der Waals surface area contributed by atoms with E-state index in [1.54, 1.807) is 30.6 Å². The van der Waals surface area contributed by atoms with Gasteiger partial charge in [0.05, 0.1) is 18.5 Å². The number of nitrogens with zero attached hydrogens (tertiary/aromatic N) is 3. The summed E-state index contributed by atoms with van der Waals surface area (Å²) in [5.74, 6) is -0.520. The number of carbonyl (C=O) groups is 1. The van der Waals surface area contributed by atoms with E-state index >= 15 is 0 Å². The van der Waals surface area contributed by atoms with Crippen LogP contribution in [-0.4, -0.2) is 20.9 Å². The molecule has 1 aromatic carbocycles. The summed E-state index contributed by atoms with van der Waals surface area (Å²) in [6.07, 6.45) is 6.26. The lowest BCUT2D eigenvalue weighted by Gasteiger charge is -2.01. The molecule has 6 nitrogen and oxygen atoms in total. The largest absolute Gasteiger partial charge is 0.366 e. The van der Waals surface area contributed by atoms with Gasteiger partial charge in [-0.2, -0.15) is 0 Å². The number of carbonyl (C=O) groups excluding carboxylic acids is 1. The second kappa shape index (κ2) is 5.50. The molecule has 1 amide bonds. The van der Waals surface area contributed by atoms with Gasteiger partial charge in [0.1, 0.15) is 5.52 Å². The molecule has 0 saturated heterocycles. The number of fused-ring (bicyclic) bond motifs is 1. The van der Waals surface area contributed by atoms with Crippen molar-refractivity contribution >= 4 is 28.8 Å². The predicted molar refractivity (Wildman–Crippen MR) is 83.8 cm³/mol. The van der Waals surface area contributed by atoms with Crippen LogP contribution in [0.25, 0.3) is 33.3 Å². The fraction of sp³-hybridized carbons (Fsp3) is 0. The molecule has 106 valence electrons. The first kappa shape index (κ1) is 13.5. The number of nitrogens with two attached hydrogens (primary N) is 1. The first-order valence-electron chi connectivity index (χ1n) is 6.47. The fourth-order valence-electron chi connectivity index (χ4n) is 2.06. The van der Waals surface area contributed by atoms with Crippen LogP contribution in [0, 0.1) is 6.57 Å². The van der Waals surface area contributed by atoms with Crippen LogP contribution in [0.4, 0.5) is 5.69 Å². The molecule has 0 aliphatic carbocycles. The number of primary amides is 1. The molecule has 0 fully saturated rings. The van der Waals surface area contributed by atoms with Crippen molar-refractivity contribution in [2.75, 3.05) is 0 Å². The number of hydrogen-bond acceptors (Lipinski definition) is 3. The number of aromatic nitrogens is 3. The Hall–Kier alpha value is -3.46. The van der Waals surface area contributed by atoms with Gasteiger partial charge in [0, 0.05) is 17.8 Å². The van der Waals surface area contributed by atoms with Gasteiger partial charge in [0.25, 0.3) is 0 Å². The quantitative estimate of drug-likeness (QED) is 0.574. The zero-order valence-electron chi connectivity index (χ0n) is 11.4. The van der Waals surface area contributed by atoms with Gasteiger partial charge < -0.3 is 10.7 Å². The Morgan fingerprint density at radius 2 is 2.09 bits per heavy atom. The number of H-pyrrole nitrogens is 1. The van der Waals surface area contributed by atoms with Crippen molar-refractivity contribution in [1.29, 1.82) is 0 Å². The van der Waals surface area contributed by atoms with Crippen molar-refractivity contribution < 1.29 is 4.79 Å². The van der Waals surface area contributed by atoms with Crippen LogP contribution in [0.1, 0.15) is 5.56 Å². The first-order chi connectivity index (χ1) is 10.7. The lowest BCUT2D eigenvalue weighted by Crippen LogP contribution is -2.05. The summed E-state index contributed by atoms with van der Waals surface area (Å²) >= 11 is 0. The van der Waals surface area contributed by atoms with E-state index in [-0.39, 0.29) is 0 Å². The molecule has 0 aliphatic rings. The minimum absolute atomic E-state index is 0.520. The fourth-order valence-corrected chi connectivity index (χ4v) is 2.06. The van der Waals surface area contributed by atoms with Gasteiger partial charge in [-0.05, 0) is 11.6 Å². The maximum absolute atomic E-state index is 10.8. The third-order valence-electron chi connectivity index (χ3n) is 3.13. The van der Waals surface area contributed by atoms with Crippen LogP contribution in [0.2, 0.25) is 0 Å². The minimum atomic E-state index is -0.520. The number of rotatable bonds is 3. The Labute approximate surface area is 126 Å².